The molecule has 1 aliphatic rings. The first-order valence-electron chi connectivity index (χ1n) is 5.42. The molecule has 1 N–H and O–H groups in total. The number of nitrogens with one attached hydrogen (secondary N) is 1. The van der Waals surface area contributed by atoms with Crippen LogP contribution in [0.1, 0.15) is 37.1 Å². The molecule has 0 fully saturated rings. The Labute approximate surface area is 100 Å². The van der Waals surface area contributed by atoms with Crippen molar-refractivity contribution in [3.8, 4) is 0 Å². The molecule has 15 heavy (non-hydrogen) atoms. The second kappa shape index (κ2) is 5.15. The SMILES string of the molecule is CC(NC1CC=CCC1)c1ccc(Cl)s1. The van der Waals surface area contributed by atoms with Crippen molar-refractivity contribution in [3.05, 3.63) is 33.5 Å². The summed E-state index contributed by atoms with van der Waals surface area (Å²) in [4.78, 5) is 1.33. The highest BCUT2D eigenvalue weighted by Crippen LogP contribution is 2.27. The van der Waals surface area contributed by atoms with Crippen molar-refractivity contribution in [3.63, 3.8) is 0 Å². The van der Waals surface area contributed by atoms with Crippen LogP contribution in [0.2, 0.25) is 4.34 Å². The maximum absolute atomic E-state index is 5.93. The molecular formula is C12H16ClNS. The first-order valence-corrected chi connectivity index (χ1v) is 6.61. The van der Waals surface area contributed by atoms with Gasteiger partial charge in [0.15, 0.2) is 0 Å². The Bertz CT molecular complexity index is 345. The molecule has 1 aromatic rings. The molecule has 0 aliphatic heterocycles. The Morgan fingerprint density at radius 2 is 2.33 bits per heavy atom. The summed E-state index contributed by atoms with van der Waals surface area (Å²) in [5, 5.41) is 3.65. The normalized spacial score (nSPS) is 22.9. The number of hydrogen-bond donors (Lipinski definition) is 1. The predicted molar refractivity (Wildman–Crippen MR) is 67.7 cm³/mol. The molecule has 1 aliphatic carbocycles. The van der Waals surface area contributed by atoms with Crippen molar-refractivity contribution in [1.82, 2.24) is 5.32 Å². The van der Waals surface area contributed by atoms with Gasteiger partial charge in [0.2, 0.25) is 0 Å². The molecule has 0 radical (unpaired) electrons. The van der Waals surface area contributed by atoms with Gasteiger partial charge in [-0.15, -0.1) is 11.3 Å². The summed E-state index contributed by atoms with van der Waals surface area (Å²) >= 11 is 7.60. The van der Waals surface area contributed by atoms with Gasteiger partial charge in [0.25, 0.3) is 0 Å². The third-order valence-corrected chi connectivity index (χ3v) is 4.19. The Hall–Kier alpha value is -0.310. The summed E-state index contributed by atoms with van der Waals surface area (Å²) in [6.07, 6.45) is 8.15. The van der Waals surface area contributed by atoms with E-state index in [0.29, 0.717) is 12.1 Å². The highest BCUT2D eigenvalue weighted by molar-refractivity contribution is 7.16. The van der Waals surface area contributed by atoms with Gasteiger partial charge in [-0.3, -0.25) is 0 Å². The van der Waals surface area contributed by atoms with Gasteiger partial charge in [0.1, 0.15) is 0 Å². The zero-order valence-electron chi connectivity index (χ0n) is 8.87. The molecule has 0 spiro atoms. The Kier molecular flexibility index (Phi) is 3.84. The Morgan fingerprint density at radius 1 is 1.47 bits per heavy atom. The molecule has 0 amide bonds. The summed E-state index contributed by atoms with van der Waals surface area (Å²) in [5.41, 5.74) is 0. The van der Waals surface area contributed by atoms with E-state index in [9.17, 15) is 0 Å². The lowest BCUT2D eigenvalue weighted by molar-refractivity contribution is 0.429. The second-order valence-corrected chi connectivity index (χ2v) is 5.76. The van der Waals surface area contributed by atoms with Gasteiger partial charge in [-0.25, -0.2) is 0 Å². The van der Waals surface area contributed by atoms with E-state index in [1.807, 2.05) is 6.07 Å². The molecule has 0 bridgehead atoms. The largest absolute Gasteiger partial charge is 0.306 e. The van der Waals surface area contributed by atoms with Crippen molar-refractivity contribution in [2.45, 2.75) is 38.3 Å². The maximum atomic E-state index is 5.93. The van der Waals surface area contributed by atoms with Gasteiger partial charge in [0, 0.05) is 17.0 Å². The fourth-order valence-corrected chi connectivity index (χ4v) is 3.01. The fourth-order valence-electron chi connectivity index (χ4n) is 1.94. The van der Waals surface area contributed by atoms with Gasteiger partial charge < -0.3 is 5.32 Å². The van der Waals surface area contributed by atoms with Gasteiger partial charge in [-0.05, 0) is 38.3 Å². The molecule has 0 aromatic carbocycles. The van der Waals surface area contributed by atoms with E-state index in [0.717, 1.165) is 10.8 Å². The lowest BCUT2D eigenvalue weighted by Crippen LogP contribution is -2.31. The van der Waals surface area contributed by atoms with E-state index < -0.39 is 0 Å². The van der Waals surface area contributed by atoms with E-state index in [4.69, 9.17) is 11.6 Å². The lowest BCUT2D eigenvalue weighted by Gasteiger charge is -2.23. The molecule has 1 nitrogen and oxygen atoms in total. The minimum Gasteiger partial charge on any atom is -0.306 e. The zero-order chi connectivity index (χ0) is 10.7. The summed E-state index contributed by atoms with van der Waals surface area (Å²) in [6, 6.07) is 5.13. The molecule has 1 heterocycles. The van der Waals surface area contributed by atoms with Crippen LogP contribution >= 0.6 is 22.9 Å². The standard InChI is InChI=1S/C12H16ClNS/c1-9(11-7-8-12(13)15-11)14-10-5-3-2-4-6-10/h2-3,7-10,14H,4-6H2,1H3. The monoisotopic (exact) mass is 241 g/mol. The maximum Gasteiger partial charge on any atom is 0.0931 e. The van der Waals surface area contributed by atoms with Crippen LogP contribution in [0, 0.1) is 0 Å². The van der Waals surface area contributed by atoms with Crippen molar-refractivity contribution in [1.29, 1.82) is 0 Å². The summed E-state index contributed by atoms with van der Waals surface area (Å²) in [5.74, 6) is 0. The van der Waals surface area contributed by atoms with Gasteiger partial charge in [-0.1, -0.05) is 23.8 Å². The van der Waals surface area contributed by atoms with Crippen LogP contribution in [0.5, 0.6) is 0 Å². The summed E-state index contributed by atoms with van der Waals surface area (Å²) in [6.45, 7) is 2.21. The van der Waals surface area contributed by atoms with Crippen molar-refractivity contribution in [2.24, 2.45) is 0 Å². The van der Waals surface area contributed by atoms with Crippen molar-refractivity contribution in [2.75, 3.05) is 0 Å². The van der Waals surface area contributed by atoms with E-state index in [1.54, 1.807) is 11.3 Å². The van der Waals surface area contributed by atoms with Gasteiger partial charge in [0.05, 0.1) is 4.34 Å². The average molecular weight is 242 g/mol. The van der Waals surface area contributed by atoms with Crippen LogP contribution in [0.15, 0.2) is 24.3 Å². The first kappa shape index (κ1) is 11.2. The first-order chi connectivity index (χ1) is 7.25. The molecule has 2 rings (SSSR count). The molecule has 2 unspecified atom stereocenters. The molecule has 0 saturated carbocycles. The molecule has 0 saturated heterocycles. The Morgan fingerprint density at radius 3 is 2.93 bits per heavy atom. The van der Waals surface area contributed by atoms with Crippen LogP contribution in [0.25, 0.3) is 0 Å². The Balaban J connectivity index is 1.91. The third-order valence-electron chi connectivity index (χ3n) is 2.78. The van der Waals surface area contributed by atoms with Crippen LogP contribution < -0.4 is 5.32 Å². The zero-order valence-corrected chi connectivity index (χ0v) is 10.4. The highest BCUT2D eigenvalue weighted by Gasteiger charge is 2.14. The minimum absolute atomic E-state index is 0.416. The third kappa shape index (κ3) is 3.07. The number of rotatable bonds is 3. The van der Waals surface area contributed by atoms with E-state index in [1.165, 1.54) is 17.7 Å². The number of hydrogen-bond acceptors (Lipinski definition) is 2. The van der Waals surface area contributed by atoms with Crippen LogP contribution in [0.4, 0.5) is 0 Å². The van der Waals surface area contributed by atoms with E-state index in [-0.39, 0.29) is 0 Å². The van der Waals surface area contributed by atoms with Gasteiger partial charge >= 0.3 is 0 Å². The second-order valence-electron chi connectivity index (χ2n) is 4.01. The fraction of sp³-hybridized carbons (Fsp3) is 0.500. The van der Waals surface area contributed by atoms with E-state index >= 15 is 0 Å². The lowest BCUT2D eigenvalue weighted by atomic mass is 10.0. The number of halogens is 1. The number of thiophene rings is 1. The van der Waals surface area contributed by atoms with E-state index in [2.05, 4.69) is 30.5 Å². The molecule has 2 atom stereocenters. The van der Waals surface area contributed by atoms with Crippen LogP contribution in [0.3, 0.4) is 0 Å². The molecular weight excluding hydrogens is 226 g/mol. The van der Waals surface area contributed by atoms with Crippen molar-refractivity contribution >= 4 is 22.9 Å². The highest BCUT2D eigenvalue weighted by atomic mass is 35.5. The molecule has 3 heteroatoms. The molecule has 82 valence electrons. The number of allylic oxidation sites excluding steroid dienone is 1. The molecule has 1 aromatic heterocycles. The van der Waals surface area contributed by atoms with Crippen LogP contribution in [-0.4, -0.2) is 6.04 Å². The predicted octanol–water partition coefficient (Wildman–Crippen LogP) is 4.16. The summed E-state index contributed by atoms with van der Waals surface area (Å²) < 4.78 is 0.877. The van der Waals surface area contributed by atoms with Gasteiger partial charge in [-0.2, -0.15) is 0 Å². The topological polar surface area (TPSA) is 12.0 Å². The smallest absolute Gasteiger partial charge is 0.0931 e. The van der Waals surface area contributed by atoms with Crippen LogP contribution in [-0.2, 0) is 0 Å². The quantitative estimate of drug-likeness (QED) is 0.784. The average Bonchev–Trinajstić information content (AvgIpc) is 2.66. The van der Waals surface area contributed by atoms with Crippen molar-refractivity contribution < 1.29 is 0 Å². The minimum atomic E-state index is 0.416. The summed E-state index contributed by atoms with van der Waals surface area (Å²) in [7, 11) is 0.